The van der Waals surface area contributed by atoms with Gasteiger partial charge in [0.05, 0.1) is 0 Å². The summed E-state index contributed by atoms with van der Waals surface area (Å²) >= 11 is 5.29. The van der Waals surface area contributed by atoms with Gasteiger partial charge in [-0.2, -0.15) is 5.10 Å². The van der Waals surface area contributed by atoms with Crippen LogP contribution in [0, 0.1) is 0 Å². The Labute approximate surface area is 154 Å². The predicted octanol–water partition coefficient (Wildman–Crippen LogP) is 3.30. The molecule has 130 valence electrons. The van der Waals surface area contributed by atoms with Crippen LogP contribution in [0.5, 0.6) is 0 Å². The van der Waals surface area contributed by atoms with Gasteiger partial charge in [0, 0.05) is 44.7 Å². The third-order valence-corrected chi connectivity index (χ3v) is 4.53. The maximum absolute atomic E-state index is 5.29. The number of nitrogens with zero attached hydrogens (tertiary/aromatic N) is 2. The van der Waals surface area contributed by atoms with Crippen LogP contribution in [-0.2, 0) is 13.1 Å². The van der Waals surface area contributed by atoms with E-state index < -0.39 is 0 Å². The molecular formula is C20H24N4S. The molecule has 1 aliphatic heterocycles. The van der Waals surface area contributed by atoms with E-state index in [4.69, 9.17) is 12.2 Å². The number of hydrogen-bond donors (Lipinski definition) is 2. The minimum absolute atomic E-state index is 0.572. The number of piperidine rings is 1. The quantitative estimate of drug-likeness (QED) is 0.640. The van der Waals surface area contributed by atoms with Crippen molar-refractivity contribution in [3.05, 3.63) is 71.8 Å². The van der Waals surface area contributed by atoms with Gasteiger partial charge in [-0.3, -0.25) is 10.3 Å². The molecule has 2 N–H and O–H groups in total. The van der Waals surface area contributed by atoms with Crippen molar-refractivity contribution in [2.24, 2.45) is 5.10 Å². The summed E-state index contributed by atoms with van der Waals surface area (Å²) in [6.07, 6.45) is 1.97. The normalized spacial score (nSPS) is 14.8. The molecule has 0 saturated carbocycles. The predicted molar refractivity (Wildman–Crippen MR) is 107 cm³/mol. The molecule has 3 rings (SSSR count). The van der Waals surface area contributed by atoms with E-state index >= 15 is 0 Å². The number of hydrazone groups is 1. The first-order valence-corrected chi connectivity index (χ1v) is 9.10. The average Bonchev–Trinajstić information content (AvgIpc) is 2.67. The highest BCUT2D eigenvalue weighted by molar-refractivity contribution is 7.80. The van der Waals surface area contributed by atoms with Gasteiger partial charge in [-0.1, -0.05) is 60.7 Å². The molecule has 4 nitrogen and oxygen atoms in total. The summed E-state index contributed by atoms with van der Waals surface area (Å²) in [6, 6.07) is 20.8. The Kier molecular flexibility index (Phi) is 6.54. The lowest BCUT2D eigenvalue weighted by atomic mass is 10.1. The first kappa shape index (κ1) is 17.6. The fourth-order valence-corrected chi connectivity index (χ4v) is 2.99. The molecule has 2 aromatic rings. The van der Waals surface area contributed by atoms with E-state index in [1.54, 1.807) is 0 Å². The van der Waals surface area contributed by atoms with Crippen molar-refractivity contribution < 1.29 is 0 Å². The van der Waals surface area contributed by atoms with Crippen molar-refractivity contribution in [1.82, 2.24) is 15.6 Å². The van der Waals surface area contributed by atoms with Crippen molar-refractivity contribution in [1.29, 1.82) is 0 Å². The number of nitrogens with one attached hydrogen (secondary N) is 2. The molecule has 1 fully saturated rings. The van der Waals surface area contributed by atoms with E-state index in [9.17, 15) is 0 Å². The molecule has 5 heteroatoms. The molecule has 0 spiro atoms. The Balaban J connectivity index is 1.38. The van der Waals surface area contributed by atoms with Gasteiger partial charge in [-0.15, -0.1) is 0 Å². The Morgan fingerprint density at radius 2 is 1.52 bits per heavy atom. The number of thiocarbonyl (C=S) groups is 1. The highest BCUT2D eigenvalue weighted by Gasteiger charge is 2.15. The minimum atomic E-state index is 0.572. The van der Waals surface area contributed by atoms with Crippen LogP contribution in [0.2, 0.25) is 0 Å². The Morgan fingerprint density at radius 1 is 0.920 bits per heavy atom. The Bertz CT molecular complexity index is 690. The van der Waals surface area contributed by atoms with Crippen molar-refractivity contribution in [3.63, 3.8) is 0 Å². The molecule has 0 aromatic heterocycles. The van der Waals surface area contributed by atoms with E-state index in [1.807, 2.05) is 18.2 Å². The SMILES string of the molecule is S=C(NCc1ccccc1)NN=C1CCN(Cc2ccccc2)CC1. The smallest absolute Gasteiger partial charge is 0.187 e. The van der Waals surface area contributed by atoms with Crippen molar-refractivity contribution in [3.8, 4) is 0 Å². The zero-order valence-electron chi connectivity index (χ0n) is 14.3. The summed E-state index contributed by atoms with van der Waals surface area (Å²) in [5.41, 5.74) is 6.74. The van der Waals surface area contributed by atoms with Gasteiger partial charge >= 0.3 is 0 Å². The average molecular weight is 353 g/mol. The standard InChI is InChI=1S/C20H24N4S/c25-20(21-15-17-7-3-1-4-8-17)23-22-19-11-13-24(14-12-19)16-18-9-5-2-6-10-18/h1-10H,11-16H2,(H2,21,23,25). The number of benzene rings is 2. The number of likely N-dealkylation sites (tertiary alicyclic amines) is 1. The summed E-state index contributed by atoms with van der Waals surface area (Å²) in [5.74, 6) is 0. The van der Waals surface area contributed by atoms with Crippen molar-refractivity contribution >= 4 is 23.0 Å². The second-order valence-corrected chi connectivity index (χ2v) is 6.63. The van der Waals surface area contributed by atoms with Gasteiger partial charge in [-0.25, -0.2) is 0 Å². The summed E-state index contributed by atoms with van der Waals surface area (Å²) in [6.45, 7) is 3.81. The highest BCUT2D eigenvalue weighted by atomic mass is 32.1. The van der Waals surface area contributed by atoms with Gasteiger partial charge in [0.25, 0.3) is 0 Å². The molecule has 0 amide bonds. The van der Waals surface area contributed by atoms with Crippen molar-refractivity contribution in [2.45, 2.75) is 25.9 Å². The van der Waals surface area contributed by atoms with Crippen LogP contribution in [0.25, 0.3) is 0 Å². The fourth-order valence-electron chi connectivity index (χ4n) is 2.87. The molecule has 2 aromatic carbocycles. The van der Waals surface area contributed by atoms with Crippen LogP contribution >= 0.6 is 12.2 Å². The molecule has 0 aliphatic carbocycles. The van der Waals surface area contributed by atoms with Gasteiger partial charge in [0.2, 0.25) is 0 Å². The lowest BCUT2D eigenvalue weighted by Crippen LogP contribution is -2.36. The molecule has 0 bridgehead atoms. The third-order valence-electron chi connectivity index (χ3n) is 4.29. The Morgan fingerprint density at radius 3 is 2.16 bits per heavy atom. The van der Waals surface area contributed by atoms with Crippen LogP contribution in [-0.4, -0.2) is 28.8 Å². The molecule has 0 unspecified atom stereocenters. The highest BCUT2D eigenvalue weighted by Crippen LogP contribution is 2.11. The van der Waals surface area contributed by atoms with E-state index in [1.165, 1.54) is 16.8 Å². The Hall–Kier alpha value is -2.24. The van der Waals surface area contributed by atoms with E-state index in [2.05, 4.69) is 63.2 Å². The number of rotatable bonds is 5. The number of hydrogen-bond acceptors (Lipinski definition) is 3. The van der Waals surface area contributed by atoms with E-state index in [0.717, 1.165) is 32.5 Å². The lowest BCUT2D eigenvalue weighted by molar-refractivity contribution is 0.266. The largest absolute Gasteiger partial charge is 0.357 e. The second kappa shape index (κ2) is 9.30. The van der Waals surface area contributed by atoms with Gasteiger partial charge in [-0.05, 0) is 23.3 Å². The van der Waals surface area contributed by atoms with E-state index in [-0.39, 0.29) is 0 Å². The van der Waals surface area contributed by atoms with Crippen molar-refractivity contribution in [2.75, 3.05) is 13.1 Å². The zero-order chi connectivity index (χ0) is 17.3. The zero-order valence-corrected chi connectivity index (χ0v) is 15.1. The van der Waals surface area contributed by atoms with Crippen LogP contribution < -0.4 is 10.7 Å². The molecule has 25 heavy (non-hydrogen) atoms. The maximum atomic E-state index is 5.29. The first-order valence-electron chi connectivity index (χ1n) is 8.69. The summed E-state index contributed by atoms with van der Waals surface area (Å²) < 4.78 is 0. The summed E-state index contributed by atoms with van der Waals surface area (Å²) in [5, 5.41) is 8.23. The molecular weight excluding hydrogens is 328 g/mol. The summed E-state index contributed by atoms with van der Waals surface area (Å²) in [4.78, 5) is 2.47. The molecule has 0 atom stereocenters. The molecule has 1 heterocycles. The fraction of sp³-hybridized carbons (Fsp3) is 0.300. The molecule has 1 saturated heterocycles. The first-order chi connectivity index (χ1) is 12.3. The lowest BCUT2D eigenvalue weighted by Gasteiger charge is -2.27. The van der Waals surface area contributed by atoms with Crippen LogP contribution in [0.3, 0.4) is 0 Å². The van der Waals surface area contributed by atoms with Gasteiger partial charge in [0.15, 0.2) is 5.11 Å². The van der Waals surface area contributed by atoms with Gasteiger partial charge in [0.1, 0.15) is 0 Å². The van der Waals surface area contributed by atoms with E-state index in [0.29, 0.717) is 11.7 Å². The monoisotopic (exact) mass is 352 g/mol. The van der Waals surface area contributed by atoms with Crippen LogP contribution in [0.15, 0.2) is 65.8 Å². The molecule has 0 radical (unpaired) electrons. The van der Waals surface area contributed by atoms with Crippen LogP contribution in [0.1, 0.15) is 24.0 Å². The third kappa shape index (κ3) is 5.96. The maximum Gasteiger partial charge on any atom is 0.187 e. The minimum Gasteiger partial charge on any atom is -0.357 e. The van der Waals surface area contributed by atoms with Gasteiger partial charge < -0.3 is 5.32 Å². The molecule has 1 aliphatic rings. The summed E-state index contributed by atoms with van der Waals surface area (Å²) in [7, 11) is 0. The second-order valence-electron chi connectivity index (χ2n) is 6.22. The topological polar surface area (TPSA) is 39.7 Å². The van der Waals surface area contributed by atoms with Crippen LogP contribution in [0.4, 0.5) is 0 Å².